The van der Waals surface area contributed by atoms with Crippen molar-refractivity contribution in [1.29, 1.82) is 0 Å². The lowest BCUT2D eigenvalue weighted by molar-refractivity contribution is -0.129. The molecule has 0 unspecified atom stereocenters. The molecule has 5 rings (SSSR count). The maximum atomic E-state index is 13.8. The largest absolute Gasteiger partial charge is 0.496 e. The zero-order valence-corrected chi connectivity index (χ0v) is 27.3. The summed E-state index contributed by atoms with van der Waals surface area (Å²) in [6, 6.07) is 26.6. The number of carbonyl (C=O) groups excluding carboxylic acids is 2. The summed E-state index contributed by atoms with van der Waals surface area (Å²) in [4.78, 5) is 28.8. The van der Waals surface area contributed by atoms with Crippen LogP contribution in [0, 0.1) is 0 Å². The maximum absolute atomic E-state index is 13.8. The molecule has 0 N–H and O–H groups in total. The third-order valence-electron chi connectivity index (χ3n) is 7.94. The van der Waals surface area contributed by atoms with Gasteiger partial charge >= 0.3 is 0 Å². The van der Waals surface area contributed by atoms with Gasteiger partial charge < -0.3 is 24.0 Å². The average molecular weight is 643 g/mol. The van der Waals surface area contributed by atoms with Crippen molar-refractivity contribution >= 4 is 21.7 Å². The number of nitrogens with zero attached hydrogens (tertiary/aromatic N) is 2. The van der Waals surface area contributed by atoms with Crippen LogP contribution in [0.4, 0.5) is 0 Å². The SMILES string of the molecule is COc1ccccc1CC(=O)N1CC[C@H](Oc2cccc(CS(=O)(=O)c3cc(-c4cccc(C(=O)N(C)C)c4)ccc3OC)c2)C1. The standard InChI is InChI=1S/C36H38N2O7S/c1-37(2)36(40)29-12-8-11-26(20-29)27-15-16-33(44-4)34(21-27)46(41,42)24-25-9-7-13-30(19-25)45-31-17-18-38(23-31)35(39)22-28-10-5-6-14-32(28)43-3/h5-16,19-21,31H,17-18,22-24H2,1-4H3/t31-/m0/s1. The van der Waals surface area contributed by atoms with Gasteiger partial charge in [0.1, 0.15) is 28.2 Å². The van der Waals surface area contributed by atoms with Crippen LogP contribution in [-0.4, -0.2) is 77.5 Å². The highest BCUT2D eigenvalue weighted by Crippen LogP contribution is 2.33. The molecule has 1 fully saturated rings. The summed E-state index contributed by atoms with van der Waals surface area (Å²) < 4.78 is 44.6. The molecule has 240 valence electrons. The minimum atomic E-state index is -3.84. The molecule has 4 aromatic carbocycles. The van der Waals surface area contributed by atoms with Gasteiger partial charge in [0.2, 0.25) is 5.91 Å². The van der Waals surface area contributed by atoms with Gasteiger partial charge in [-0.3, -0.25) is 9.59 Å². The summed E-state index contributed by atoms with van der Waals surface area (Å²) in [6.07, 6.45) is 0.709. The lowest BCUT2D eigenvalue weighted by Gasteiger charge is -2.18. The first-order chi connectivity index (χ1) is 22.1. The second-order valence-electron chi connectivity index (χ2n) is 11.4. The van der Waals surface area contributed by atoms with Crippen LogP contribution >= 0.6 is 0 Å². The van der Waals surface area contributed by atoms with Gasteiger partial charge in [-0.1, -0.05) is 48.5 Å². The summed E-state index contributed by atoms with van der Waals surface area (Å²) >= 11 is 0. The zero-order chi connectivity index (χ0) is 32.8. The van der Waals surface area contributed by atoms with Crippen LogP contribution in [0.15, 0.2) is 95.9 Å². The van der Waals surface area contributed by atoms with E-state index >= 15 is 0 Å². The summed E-state index contributed by atoms with van der Waals surface area (Å²) in [5.41, 5.74) is 3.27. The molecule has 9 nitrogen and oxygen atoms in total. The number of hydrogen-bond donors (Lipinski definition) is 0. The van der Waals surface area contributed by atoms with Gasteiger partial charge in [-0.05, 0) is 59.2 Å². The summed E-state index contributed by atoms with van der Waals surface area (Å²) in [5, 5.41) is 0. The second-order valence-corrected chi connectivity index (χ2v) is 13.4. The predicted octanol–water partition coefficient (Wildman–Crippen LogP) is 5.27. The number of ether oxygens (including phenoxy) is 3. The predicted molar refractivity (Wildman–Crippen MR) is 176 cm³/mol. The van der Waals surface area contributed by atoms with E-state index < -0.39 is 9.84 Å². The third-order valence-corrected chi connectivity index (χ3v) is 9.64. The van der Waals surface area contributed by atoms with Gasteiger partial charge in [0.05, 0.1) is 32.9 Å². The minimum Gasteiger partial charge on any atom is -0.496 e. The second kappa shape index (κ2) is 14.1. The van der Waals surface area contributed by atoms with E-state index in [-0.39, 0.29) is 40.7 Å². The molecule has 0 radical (unpaired) electrons. The number of amides is 2. The van der Waals surface area contributed by atoms with Crippen molar-refractivity contribution in [1.82, 2.24) is 9.80 Å². The van der Waals surface area contributed by atoms with Crippen molar-refractivity contribution in [3.05, 3.63) is 108 Å². The molecule has 1 aliphatic rings. The lowest BCUT2D eigenvalue weighted by Crippen LogP contribution is -2.32. The van der Waals surface area contributed by atoms with E-state index in [0.29, 0.717) is 53.3 Å². The van der Waals surface area contributed by atoms with Gasteiger partial charge in [-0.2, -0.15) is 0 Å². The molecule has 2 amide bonds. The van der Waals surface area contributed by atoms with Crippen molar-refractivity contribution in [3.8, 4) is 28.4 Å². The number of carbonyl (C=O) groups is 2. The molecular formula is C36H38N2O7S. The minimum absolute atomic E-state index is 0.00245. The first-order valence-electron chi connectivity index (χ1n) is 15.0. The van der Waals surface area contributed by atoms with Crippen molar-refractivity contribution < 1.29 is 32.2 Å². The molecule has 1 aliphatic heterocycles. The van der Waals surface area contributed by atoms with Gasteiger partial charge in [0.25, 0.3) is 5.91 Å². The Labute approximate surface area is 270 Å². The molecule has 1 heterocycles. The number of sulfone groups is 1. The molecule has 0 spiro atoms. The van der Waals surface area contributed by atoms with Crippen LogP contribution in [0.2, 0.25) is 0 Å². The van der Waals surface area contributed by atoms with E-state index in [1.54, 1.807) is 86.8 Å². The zero-order valence-electron chi connectivity index (χ0n) is 26.4. The van der Waals surface area contributed by atoms with E-state index in [9.17, 15) is 18.0 Å². The topological polar surface area (TPSA) is 102 Å². The number of rotatable bonds is 11. The van der Waals surface area contributed by atoms with Crippen molar-refractivity contribution in [3.63, 3.8) is 0 Å². The van der Waals surface area contributed by atoms with Crippen LogP contribution < -0.4 is 14.2 Å². The number of hydrogen-bond acceptors (Lipinski definition) is 7. The Balaban J connectivity index is 1.28. The van der Waals surface area contributed by atoms with Crippen LogP contribution in [0.25, 0.3) is 11.1 Å². The van der Waals surface area contributed by atoms with E-state index in [1.165, 1.54) is 12.0 Å². The lowest BCUT2D eigenvalue weighted by atomic mass is 10.0. The van der Waals surface area contributed by atoms with E-state index in [1.807, 2.05) is 30.3 Å². The fourth-order valence-electron chi connectivity index (χ4n) is 5.56. The van der Waals surface area contributed by atoms with Crippen LogP contribution in [0.3, 0.4) is 0 Å². The Hall–Kier alpha value is -4.83. The molecule has 0 aromatic heterocycles. The van der Waals surface area contributed by atoms with E-state index in [4.69, 9.17) is 14.2 Å². The van der Waals surface area contributed by atoms with Crippen LogP contribution in [0.5, 0.6) is 17.2 Å². The molecular weight excluding hydrogens is 604 g/mol. The fourth-order valence-corrected chi connectivity index (χ4v) is 7.10. The normalized spacial score (nSPS) is 14.5. The third kappa shape index (κ3) is 7.51. The Kier molecular flexibility index (Phi) is 9.96. The molecule has 1 saturated heterocycles. The first-order valence-corrected chi connectivity index (χ1v) is 16.6. The Bertz CT molecular complexity index is 1840. The monoisotopic (exact) mass is 642 g/mol. The summed E-state index contributed by atoms with van der Waals surface area (Å²) in [6.45, 7) is 1.02. The Morgan fingerprint density at radius 3 is 2.35 bits per heavy atom. The van der Waals surface area contributed by atoms with Gasteiger partial charge in [0.15, 0.2) is 9.84 Å². The Morgan fingerprint density at radius 2 is 1.59 bits per heavy atom. The molecule has 4 aromatic rings. The molecule has 46 heavy (non-hydrogen) atoms. The van der Waals surface area contributed by atoms with Crippen molar-refractivity contribution in [2.75, 3.05) is 41.4 Å². The van der Waals surface area contributed by atoms with Crippen LogP contribution in [0.1, 0.15) is 27.9 Å². The average Bonchev–Trinajstić information content (AvgIpc) is 3.53. The number of para-hydroxylation sites is 1. The van der Waals surface area contributed by atoms with Gasteiger partial charge in [-0.15, -0.1) is 0 Å². The highest BCUT2D eigenvalue weighted by Gasteiger charge is 2.28. The maximum Gasteiger partial charge on any atom is 0.253 e. The van der Waals surface area contributed by atoms with Gasteiger partial charge in [0, 0.05) is 38.2 Å². The van der Waals surface area contributed by atoms with Gasteiger partial charge in [-0.25, -0.2) is 8.42 Å². The van der Waals surface area contributed by atoms with E-state index in [2.05, 4.69) is 0 Å². The fraction of sp³-hybridized carbons (Fsp3) is 0.278. The number of benzene rings is 4. The number of methoxy groups -OCH3 is 2. The molecule has 0 bridgehead atoms. The molecule has 0 aliphatic carbocycles. The van der Waals surface area contributed by atoms with Crippen molar-refractivity contribution in [2.45, 2.75) is 29.6 Å². The van der Waals surface area contributed by atoms with E-state index in [0.717, 1.165) is 5.56 Å². The summed E-state index contributed by atoms with van der Waals surface area (Å²) in [7, 11) is 2.54. The molecule has 10 heteroatoms. The highest BCUT2D eigenvalue weighted by molar-refractivity contribution is 7.90. The quantitative estimate of drug-likeness (QED) is 0.220. The molecule has 1 atom stereocenters. The van der Waals surface area contributed by atoms with Crippen molar-refractivity contribution in [2.24, 2.45) is 0 Å². The Morgan fingerprint density at radius 1 is 0.848 bits per heavy atom. The highest BCUT2D eigenvalue weighted by atomic mass is 32.2. The summed E-state index contributed by atoms with van der Waals surface area (Å²) in [5.74, 6) is 1.06. The molecule has 0 saturated carbocycles. The van der Waals surface area contributed by atoms with Crippen LogP contribution in [-0.2, 0) is 26.8 Å². The first kappa shape index (κ1) is 32.6. The number of likely N-dealkylation sites (tertiary alicyclic amines) is 1. The smallest absolute Gasteiger partial charge is 0.253 e.